The van der Waals surface area contributed by atoms with Crippen molar-refractivity contribution in [2.75, 3.05) is 38.2 Å². The summed E-state index contributed by atoms with van der Waals surface area (Å²) < 4.78 is 11.5. The molecule has 6 nitrogen and oxygen atoms in total. The van der Waals surface area contributed by atoms with Crippen molar-refractivity contribution in [2.24, 2.45) is 0 Å². The third-order valence-corrected chi connectivity index (χ3v) is 4.58. The monoisotopic (exact) mass is 419 g/mol. The van der Waals surface area contributed by atoms with Gasteiger partial charge in [0.15, 0.2) is 18.1 Å². The summed E-state index contributed by atoms with van der Waals surface area (Å²) in [5.74, 6) is 1.06. The number of hydrogen-bond donors (Lipinski definition) is 2. The van der Waals surface area contributed by atoms with Crippen LogP contribution in [0.1, 0.15) is 19.4 Å². The lowest BCUT2D eigenvalue weighted by atomic mass is 10.1. The standard InChI is InChI=1S/C22H29N3O3.ClH/c1-3-27-21-13-18(15-25-12-11-23-17(2)14-25)9-10-20(21)28-16-22(26)24-19-7-5-4-6-8-19;/h4-10,13,17,23H,3,11-12,14-16H2,1-2H3,(H,24,26);1H. The van der Waals surface area contributed by atoms with E-state index < -0.39 is 0 Å². The van der Waals surface area contributed by atoms with Gasteiger partial charge in [0, 0.05) is 37.9 Å². The van der Waals surface area contributed by atoms with E-state index in [1.807, 2.05) is 55.5 Å². The second kappa shape index (κ2) is 11.7. The Labute approximate surface area is 179 Å². The molecular formula is C22H30ClN3O3. The number of hydrogen-bond acceptors (Lipinski definition) is 5. The highest BCUT2D eigenvalue weighted by Crippen LogP contribution is 2.29. The van der Waals surface area contributed by atoms with Crippen LogP contribution in [-0.2, 0) is 11.3 Å². The maximum absolute atomic E-state index is 12.1. The van der Waals surface area contributed by atoms with Gasteiger partial charge in [-0.05, 0) is 43.7 Å². The van der Waals surface area contributed by atoms with Crippen molar-refractivity contribution in [3.8, 4) is 11.5 Å². The van der Waals surface area contributed by atoms with Crippen LogP contribution in [0.2, 0.25) is 0 Å². The molecule has 1 saturated heterocycles. The van der Waals surface area contributed by atoms with Gasteiger partial charge >= 0.3 is 0 Å². The fourth-order valence-corrected chi connectivity index (χ4v) is 3.31. The number of carbonyl (C=O) groups is 1. The third kappa shape index (κ3) is 7.24. The zero-order chi connectivity index (χ0) is 19.8. The summed E-state index contributed by atoms with van der Waals surface area (Å²) in [6.45, 7) is 8.57. The molecule has 0 bridgehead atoms. The topological polar surface area (TPSA) is 62.8 Å². The number of halogens is 1. The Kier molecular flexibility index (Phi) is 9.25. The largest absolute Gasteiger partial charge is 0.490 e. The fourth-order valence-electron chi connectivity index (χ4n) is 3.31. The van der Waals surface area contributed by atoms with Crippen molar-refractivity contribution in [1.82, 2.24) is 10.2 Å². The lowest BCUT2D eigenvalue weighted by molar-refractivity contribution is -0.118. The Morgan fingerprint density at radius 3 is 2.69 bits per heavy atom. The molecule has 1 aliphatic rings. The zero-order valence-corrected chi connectivity index (χ0v) is 17.8. The van der Waals surface area contributed by atoms with Crippen molar-refractivity contribution in [1.29, 1.82) is 0 Å². The average molecular weight is 420 g/mol. The summed E-state index contributed by atoms with van der Waals surface area (Å²) >= 11 is 0. The van der Waals surface area contributed by atoms with Gasteiger partial charge in [0.25, 0.3) is 5.91 Å². The van der Waals surface area contributed by atoms with E-state index in [0.29, 0.717) is 24.1 Å². The highest BCUT2D eigenvalue weighted by atomic mass is 35.5. The van der Waals surface area contributed by atoms with E-state index in [1.54, 1.807) is 0 Å². The van der Waals surface area contributed by atoms with Gasteiger partial charge in [-0.25, -0.2) is 0 Å². The van der Waals surface area contributed by atoms with Crippen LogP contribution in [-0.4, -0.2) is 49.7 Å². The predicted octanol–water partition coefficient (Wildman–Crippen LogP) is 3.32. The van der Waals surface area contributed by atoms with Crippen LogP contribution in [0, 0.1) is 0 Å². The molecule has 7 heteroatoms. The minimum atomic E-state index is -0.201. The molecule has 1 atom stereocenters. The van der Waals surface area contributed by atoms with Crippen molar-refractivity contribution in [3.05, 3.63) is 54.1 Å². The second-order valence-electron chi connectivity index (χ2n) is 7.01. The molecule has 1 fully saturated rings. The van der Waals surface area contributed by atoms with Crippen LogP contribution in [0.3, 0.4) is 0 Å². The molecule has 29 heavy (non-hydrogen) atoms. The third-order valence-electron chi connectivity index (χ3n) is 4.58. The lowest BCUT2D eigenvalue weighted by Gasteiger charge is -2.31. The molecule has 3 rings (SSSR count). The summed E-state index contributed by atoms with van der Waals surface area (Å²) in [6, 6.07) is 15.8. The molecule has 0 radical (unpaired) electrons. The molecule has 0 spiro atoms. The Hall–Kier alpha value is -2.28. The number of piperazine rings is 1. The van der Waals surface area contributed by atoms with Gasteiger partial charge in [-0.3, -0.25) is 9.69 Å². The normalized spacial score (nSPS) is 16.6. The SMILES string of the molecule is CCOc1cc(CN2CCNC(C)C2)ccc1OCC(=O)Nc1ccccc1.Cl. The van der Waals surface area contributed by atoms with Gasteiger partial charge in [0.05, 0.1) is 6.61 Å². The number of anilines is 1. The lowest BCUT2D eigenvalue weighted by Crippen LogP contribution is -2.48. The molecule has 0 aromatic heterocycles. The van der Waals surface area contributed by atoms with E-state index in [1.165, 1.54) is 5.56 Å². The number of ether oxygens (including phenoxy) is 2. The molecule has 1 aliphatic heterocycles. The van der Waals surface area contributed by atoms with Crippen LogP contribution < -0.4 is 20.1 Å². The zero-order valence-electron chi connectivity index (χ0n) is 17.0. The first-order valence-corrected chi connectivity index (χ1v) is 9.83. The van der Waals surface area contributed by atoms with E-state index >= 15 is 0 Å². The first-order chi connectivity index (χ1) is 13.6. The van der Waals surface area contributed by atoms with Crippen molar-refractivity contribution in [2.45, 2.75) is 26.4 Å². The quantitative estimate of drug-likeness (QED) is 0.687. The summed E-state index contributed by atoms with van der Waals surface area (Å²) in [5.41, 5.74) is 1.93. The molecule has 1 heterocycles. The van der Waals surface area contributed by atoms with E-state index in [9.17, 15) is 4.79 Å². The molecule has 2 N–H and O–H groups in total. The predicted molar refractivity (Wildman–Crippen MR) is 118 cm³/mol. The number of amides is 1. The maximum atomic E-state index is 12.1. The average Bonchev–Trinajstić information content (AvgIpc) is 2.68. The number of nitrogens with zero attached hydrogens (tertiary/aromatic N) is 1. The highest BCUT2D eigenvalue weighted by Gasteiger charge is 2.17. The van der Waals surface area contributed by atoms with Gasteiger partial charge in [-0.15, -0.1) is 12.4 Å². The van der Waals surface area contributed by atoms with Crippen LogP contribution in [0.15, 0.2) is 48.5 Å². The molecule has 1 amide bonds. The van der Waals surface area contributed by atoms with Crippen molar-refractivity contribution < 1.29 is 14.3 Å². The van der Waals surface area contributed by atoms with Crippen molar-refractivity contribution in [3.63, 3.8) is 0 Å². The van der Waals surface area contributed by atoms with E-state index in [4.69, 9.17) is 9.47 Å². The van der Waals surface area contributed by atoms with Crippen LogP contribution in [0.5, 0.6) is 11.5 Å². The smallest absolute Gasteiger partial charge is 0.262 e. The van der Waals surface area contributed by atoms with E-state index in [-0.39, 0.29) is 24.9 Å². The van der Waals surface area contributed by atoms with Gasteiger partial charge < -0.3 is 20.1 Å². The minimum Gasteiger partial charge on any atom is -0.490 e. The molecule has 1 unspecified atom stereocenters. The molecule has 0 aliphatic carbocycles. The van der Waals surface area contributed by atoms with Crippen LogP contribution in [0.25, 0.3) is 0 Å². The second-order valence-corrected chi connectivity index (χ2v) is 7.01. The maximum Gasteiger partial charge on any atom is 0.262 e. The first-order valence-electron chi connectivity index (χ1n) is 9.83. The summed E-state index contributed by atoms with van der Waals surface area (Å²) in [5, 5.41) is 6.27. The molecule has 2 aromatic carbocycles. The van der Waals surface area contributed by atoms with Gasteiger partial charge in [-0.2, -0.15) is 0 Å². The van der Waals surface area contributed by atoms with Crippen molar-refractivity contribution >= 4 is 24.0 Å². The number of carbonyl (C=O) groups excluding carboxylic acids is 1. The summed E-state index contributed by atoms with van der Waals surface area (Å²) in [4.78, 5) is 14.6. The van der Waals surface area contributed by atoms with E-state index in [0.717, 1.165) is 31.9 Å². The summed E-state index contributed by atoms with van der Waals surface area (Å²) in [6.07, 6.45) is 0. The fraction of sp³-hybridized carbons (Fsp3) is 0.409. The molecule has 2 aromatic rings. The Morgan fingerprint density at radius 2 is 1.97 bits per heavy atom. The Balaban J connectivity index is 0.00000300. The minimum absolute atomic E-state index is 0. The molecule has 158 valence electrons. The Morgan fingerprint density at radius 1 is 1.17 bits per heavy atom. The van der Waals surface area contributed by atoms with Gasteiger partial charge in [0.2, 0.25) is 0 Å². The molecule has 0 saturated carbocycles. The Bertz CT molecular complexity index is 773. The van der Waals surface area contributed by atoms with E-state index in [2.05, 4.69) is 22.5 Å². The number of para-hydroxylation sites is 1. The molecular weight excluding hydrogens is 390 g/mol. The van der Waals surface area contributed by atoms with Crippen LogP contribution >= 0.6 is 12.4 Å². The summed E-state index contributed by atoms with van der Waals surface area (Å²) in [7, 11) is 0. The number of nitrogens with one attached hydrogen (secondary N) is 2. The van der Waals surface area contributed by atoms with Gasteiger partial charge in [-0.1, -0.05) is 24.3 Å². The first kappa shape index (κ1) is 23.0. The number of rotatable bonds is 8. The number of benzene rings is 2. The highest BCUT2D eigenvalue weighted by molar-refractivity contribution is 5.91. The van der Waals surface area contributed by atoms with Gasteiger partial charge in [0.1, 0.15) is 0 Å². The van der Waals surface area contributed by atoms with Crippen LogP contribution in [0.4, 0.5) is 5.69 Å².